The zero-order valence-electron chi connectivity index (χ0n) is 19.2. The number of nitrogens with one attached hydrogen (secondary N) is 2. The van der Waals surface area contributed by atoms with E-state index in [4.69, 9.17) is 5.73 Å². The van der Waals surface area contributed by atoms with Crippen LogP contribution in [0.5, 0.6) is 0 Å². The number of allylic oxidation sites excluding steroid dienone is 3. The van der Waals surface area contributed by atoms with Crippen molar-refractivity contribution in [2.24, 2.45) is 11.8 Å². The van der Waals surface area contributed by atoms with E-state index in [1.54, 1.807) is 24.3 Å². The number of hydrogen-bond acceptors (Lipinski definition) is 5. The molecule has 1 aromatic carbocycles. The molecule has 5 rings (SSSR count). The summed E-state index contributed by atoms with van der Waals surface area (Å²) < 4.78 is 1.52. The molecule has 0 spiro atoms. The summed E-state index contributed by atoms with van der Waals surface area (Å²) in [6, 6.07) is 6.94. The highest BCUT2D eigenvalue weighted by molar-refractivity contribution is 6.12. The Labute approximate surface area is 198 Å². The van der Waals surface area contributed by atoms with Crippen LogP contribution in [0.1, 0.15) is 65.3 Å². The molecular weight excluding hydrogens is 430 g/mol. The quantitative estimate of drug-likeness (QED) is 0.525. The van der Waals surface area contributed by atoms with Gasteiger partial charge in [-0.05, 0) is 68.7 Å². The van der Waals surface area contributed by atoms with Crippen molar-refractivity contribution >= 4 is 29.1 Å². The van der Waals surface area contributed by atoms with Crippen molar-refractivity contribution in [1.29, 1.82) is 0 Å². The Hall–Kier alpha value is -3.68. The molecule has 1 unspecified atom stereocenters. The number of carbonyl (C=O) groups excluding carboxylic acids is 3. The van der Waals surface area contributed by atoms with E-state index in [2.05, 4.69) is 15.7 Å². The maximum atomic E-state index is 13.2. The number of nitrogen functional groups attached to an aromatic ring is 1. The number of nitrogens with two attached hydrogens (primary N) is 1. The largest absolute Gasteiger partial charge is 0.383 e. The summed E-state index contributed by atoms with van der Waals surface area (Å²) >= 11 is 0. The number of benzene rings is 1. The molecule has 2 fully saturated rings. The number of anilines is 1. The minimum absolute atomic E-state index is 0.00237. The summed E-state index contributed by atoms with van der Waals surface area (Å²) in [6.07, 6.45) is 10.3. The Morgan fingerprint density at radius 1 is 1.15 bits per heavy atom. The highest BCUT2D eigenvalue weighted by atomic mass is 16.2. The van der Waals surface area contributed by atoms with Gasteiger partial charge in [-0.2, -0.15) is 5.10 Å². The van der Waals surface area contributed by atoms with Crippen molar-refractivity contribution in [3.8, 4) is 0 Å². The topological polar surface area (TPSA) is 119 Å². The van der Waals surface area contributed by atoms with E-state index in [0.29, 0.717) is 41.7 Å². The van der Waals surface area contributed by atoms with Gasteiger partial charge in [0.05, 0.1) is 23.4 Å². The summed E-state index contributed by atoms with van der Waals surface area (Å²) in [4.78, 5) is 38.2. The second-order valence-corrected chi connectivity index (χ2v) is 9.48. The lowest BCUT2D eigenvalue weighted by Crippen LogP contribution is -2.32. The molecule has 4 N–H and O–H groups in total. The fourth-order valence-corrected chi connectivity index (χ4v) is 4.10. The van der Waals surface area contributed by atoms with E-state index >= 15 is 0 Å². The molecule has 2 saturated carbocycles. The average molecular weight is 460 g/mol. The molecule has 0 aliphatic heterocycles. The fourth-order valence-electron chi connectivity index (χ4n) is 4.10. The standard InChI is InChI=1S/C26H29N5O3/c1-15-5-8-19(26(34)30-20-9-10-20)12-22(15)31-24(27)21(14-29-31)23(32)17-3-2-4-18(11-17)25(33)28-13-16-6-7-16/h2-5,11-12,14,16,19-20H,6-10,13,27H2,1H3,(H,28,33)(H,30,34). The molecule has 34 heavy (non-hydrogen) atoms. The van der Waals surface area contributed by atoms with Crippen molar-refractivity contribution in [3.05, 3.63) is 64.9 Å². The minimum atomic E-state index is -0.304. The monoisotopic (exact) mass is 459 g/mol. The van der Waals surface area contributed by atoms with Crippen LogP contribution in [0.2, 0.25) is 0 Å². The Balaban J connectivity index is 1.36. The molecule has 0 bridgehead atoms. The van der Waals surface area contributed by atoms with Crippen LogP contribution in [0.3, 0.4) is 0 Å². The van der Waals surface area contributed by atoms with Gasteiger partial charge in [0.15, 0.2) is 5.78 Å². The number of rotatable bonds is 8. The number of carbonyl (C=O) groups is 3. The predicted molar refractivity (Wildman–Crippen MR) is 129 cm³/mol. The summed E-state index contributed by atoms with van der Waals surface area (Å²) in [5.41, 5.74) is 9.08. The molecule has 0 radical (unpaired) electrons. The third-order valence-electron chi connectivity index (χ3n) is 6.62. The van der Waals surface area contributed by atoms with Gasteiger partial charge in [-0.3, -0.25) is 14.4 Å². The fraction of sp³-hybridized carbons (Fsp3) is 0.385. The molecule has 2 aromatic rings. The van der Waals surface area contributed by atoms with E-state index in [-0.39, 0.29) is 34.9 Å². The summed E-state index contributed by atoms with van der Waals surface area (Å²) in [6.45, 7) is 2.60. The van der Waals surface area contributed by atoms with Gasteiger partial charge in [0.1, 0.15) is 5.82 Å². The van der Waals surface area contributed by atoms with Crippen LogP contribution in [0.15, 0.2) is 48.2 Å². The molecule has 1 atom stereocenters. The van der Waals surface area contributed by atoms with Crippen LogP contribution in [0, 0.1) is 11.8 Å². The first kappa shape index (κ1) is 22.1. The van der Waals surface area contributed by atoms with Crippen LogP contribution >= 0.6 is 0 Å². The molecule has 3 aliphatic carbocycles. The zero-order chi connectivity index (χ0) is 23.8. The summed E-state index contributed by atoms with van der Waals surface area (Å²) in [5, 5.41) is 10.3. The smallest absolute Gasteiger partial charge is 0.251 e. The average Bonchev–Trinajstić information content (AvgIpc) is 3.77. The van der Waals surface area contributed by atoms with E-state index in [1.807, 2.05) is 19.1 Å². The molecule has 1 aromatic heterocycles. The number of ketones is 1. The van der Waals surface area contributed by atoms with Crippen molar-refractivity contribution in [1.82, 2.24) is 20.4 Å². The van der Waals surface area contributed by atoms with E-state index < -0.39 is 0 Å². The van der Waals surface area contributed by atoms with Gasteiger partial charge in [0.25, 0.3) is 5.91 Å². The molecule has 2 amide bonds. The first-order chi connectivity index (χ1) is 16.4. The maximum Gasteiger partial charge on any atom is 0.251 e. The Kier molecular flexibility index (Phi) is 5.81. The minimum Gasteiger partial charge on any atom is -0.383 e. The second-order valence-electron chi connectivity index (χ2n) is 9.48. The highest BCUT2D eigenvalue weighted by Crippen LogP contribution is 2.31. The molecular formula is C26H29N5O3. The van der Waals surface area contributed by atoms with Crippen LogP contribution < -0.4 is 16.4 Å². The maximum absolute atomic E-state index is 13.2. The van der Waals surface area contributed by atoms with Gasteiger partial charge in [-0.15, -0.1) is 0 Å². The van der Waals surface area contributed by atoms with Gasteiger partial charge in [0, 0.05) is 23.7 Å². The third kappa shape index (κ3) is 4.66. The van der Waals surface area contributed by atoms with Gasteiger partial charge in [-0.1, -0.05) is 18.2 Å². The van der Waals surface area contributed by atoms with Crippen molar-refractivity contribution in [2.75, 3.05) is 12.3 Å². The predicted octanol–water partition coefficient (Wildman–Crippen LogP) is 2.92. The Bertz CT molecular complexity index is 1220. The zero-order valence-corrected chi connectivity index (χ0v) is 19.2. The Morgan fingerprint density at radius 3 is 2.65 bits per heavy atom. The van der Waals surface area contributed by atoms with Crippen LogP contribution in [-0.4, -0.2) is 40.0 Å². The number of hydrogen-bond donors (Lipinski definition) is 3. The van der Waals surface area contributed by atoms with Crippen molar-refractivity contribution in [3.63, 3.8) is 0 Å². The molecule has 8 heteroatoms. The van der Waals surface area contributed by atoms with Crippen LogP contribution in [0.25, 0.3) is 5.70 Å². The second kappa shape index (κ2) is 8.93. The van der Waals surface area contributed by atoms with Crippen LogP contribution in [-0.2, 0) is 4.79 Å². The molecule has 0 saturated heterocycles. The summed E-state index contributed by atoms with van der Waals surface area (Å²) in [5.74, 6) is -0.00725. The number of aromatic nitrogens is 2. The molecule has 1 heterocycles. The molecule has 3 aliphatic rings. The lowest BCUT2D eigenvalue weighted by atomic mass is 9.94. The van der Waals surface area contributed by atoms with Crippen molar-refractivity contribution < 1.29 is 14.4 Å². The van der Waals surface area contributed by atoms with Gasteiger partial charge < -0.3 is 16.4 Å². The Morgan fingerprint density at radius 2 is 1.91 bits per heavy atom. The summed E-state index contributed by atoms with van der Waals surface area (Å²) in [7, 11) is 0. The SMILES string of the molecule is CC1=CCC(C(=O)NC2CC2)C=C1n1ncc(C(=O)c2cccc(C(=O)NCC3CC3)c2)c1N. The van der Waals surface area contributed by atoms with Crippen molar-refractivity contribution in [2.45, 2.75) is 45.1 Å². The number of amides is 2. The lowest BCUT2D eigenvalue weighted by molar-refractivity contribution is -0.123. The van der Waals surface area contributed by atoms with E-state index in [9.17, 15) is 14.4 Å². The van der Waals surface area contributed by atoms with Gasteiger partial charge in [-0.25, -0.2) is 4.68 Å². The third-order valence-corrected chi connectivity index (χ3v) is 6.62. The van der Waals surface area contributed by atoms with Gasteiger partial charge >= 0.3 is 0 Å². The first-order valence-electron chi connectivity index (χ1n) is 11.9. The van der Waals surface area contributed by atoms with E-state index in [1.165, 1.54) is 10.9 Å². The molecule has 176 valence electrons. The van der Waals surface area contributed by atoms with Crippen LogP contribution in [0.4, 0.5) is 5.82 Å². The lowest BCUT2D eigenvalue weighted by Gasteiger charge is -2.20. The normalized spacial score (nSPS) is 19.7. The van der Waals surface area contributed by atoms with E-state index in [0.717, 1.165) is 31.3 Å². The highest BCUT2D eigenvalue weighted by Gasteiger charge is 2.29. The number of nitrogens with zero attached hydrogens (tertiary/aromatic N) is 2. The first-order valence-corrected chi connectivity index (χ1v) is 11.9. The molecule has 8 nitrogen and oxygen atoms in total. The van der Waals surface area contributed by atoms with Gasteiger partial charge in [0.2, 0.25) is 5.91 Å².